The van der Waals surface area contributed by atoms with Crippen molar-refractivity contribution in [3.63, 3.8) is 0 Å². The van der Waals surface area contributed by atoms with Gasteiger partial charge in [0.15, 0.2) is 5.82 Å². The summed E-state index contributed by atoms with van der Waals surface area (Å²) in [6, 6.07) is 26.7. The van der Waals surface area contributed by atoms with Crippen LogP contribution in [0.5, 0.6) is 0 Å². The Bertz CT molecular complexity index is 1130. The first-order valence-corrected chi connectivity index (χ1v) is 10.3. The van der Waals surface area contributed by atoms with Gasteiger partial charge in [0, 0.05) is 30.1 Å². The van der Waals surface area contributed by atoms with Crippen molar-refractivity contribution in [3.8, 4) is 11.4 Å². The van der Waals surface area contributed by atoms with Crippen LogP contribution < -0.4 is 10.2 Å². The molecule has 2 aromatic heterocycles. The molecule has 0 saturated carbocycles. The minimum atomic E-state index is 0.613. The number of anilines is 3. The molecule has 0 fully saturated rings. The molecular formula is C25H23N5. The molecule has 0 radical (unpaired) electrons. The normalized spacial score (nSPS) is 13.0. The molecule has 0 spiro atoms. The molecule has 3 heterocycles. The molecule has 4 aromatic rings. The topological polar surface area (TPSA) is 53.9 Å². The number of fused-ring (bicyclic) bond motifs is 1. The molecular weight excluding hydrogens is 370 g/mol. The highest BCUT2D eigenvalue weighted by Crippen LogP contribution is 2.34. The van der Waals surface area contributed by atoms with Crippen LogP contribution in [0.4, 0.5) is 17.3 Å². The molecule has 148 valence electrons. The van der Waals surface area contributed by atoms with E-state index in [0.717, 1.165) is 48.1 Å². The first kappa shape index (κ1) is 18.3. The van der Waals surface area contributed by atoms with E-state index in [1.807, 2.05) is 60.8 Å². The van der Waals surface area contributed by atoms with E-state index < -0.39 is 0 Å². The number of pyridine rings is 1. The monoisotopic (exact) mass is 393 g/mol. The van der Waals surface area contributed by atoms with Crippen LogP contribution in [0.25, 0.3) is 11.4 Å². The van der Waals surface area contributed by atoms with E-state index in [1.165, 1.54) is 11.3 Å². The van der Waals surface area contributed by atoms with Crippen LogP contribution in [0.1, 0.15) is 17.7 Å². The molecule has 5 rings (SSSR count). The van der Waals surface area contributed by atoms with Gasteiger partial charge in [0.25, 0.3) is 0 Å². The van der Waals surface area contributed by atoms with Crippen molar-refractivity contribution in [2.24, 2.45) is 0 Å². The van der Waals surface area contributed by atoms with Crippen molar-refractivity contribution < 1.29 is 0 Å². The summed E-state index contributed by atoms with van der Waals surface area (Å²) in [5.41, 5.74) is 4.58. The maximum Gasteiger partial charge on any atom is 0.163 e. The van der Waals surface area contributed by atoms with Crippen LogP contribution in [0.3, 0.4) is 0 Å². The molecule has 5 nitrogen and oxygen atoms in total. The van der Waals surface area contributed by atoms with Crippen LogP contribution in [-0.4, -0.2) is 21.5 Å². The number of hydrogen-bond donors (Lipinski definition) is 1. The van der Waals surface area contributed by atoms with Crippen molar-refractivity contribution in [2.45, 2.75) is 19.4 Å². The highest BCUT2D eigenvalue weighted by atomic mass is 15.2. The number of hydrogen-bond acceptors (Lipinski definition) is 5. The van der Waals surface area contributed by atoms with Crippen LogP contribution in [0.15, 0.2) is 85.1 Å². The Morgan fingerprint density at radius 2 is 1.70 bits per heavy atom. The molecule has 1 aliphatic heterocycles. The molecule has 0 atom stereocenters. The lowest BCUT2D eigenvalue weighted by molar-refractivity contribution is 0.759. The van der Waals surface area contributed by atoms with Crippen molar-refractivity contribution in [2.75, 3.05) is 16.8 Å². The van der Waals surface area contributed by atoms with Gasteiger partial charge in [-0.2, -0.15) is 0 Å². The van der Waals surface area contributed by atoms with Gasteiger partial charge in [-0.15, -0.1) is 0 Å². The van der Waals surface area contributed by atoms with Crippen molar-refractivity contribution in [1.82, 2.24) is 15.0 Å². The number of aromatic nitrogens is 3. The second-order valence-electron chi connectivity index (χ2n) is 7.36. The number of benzene rings is 2. The van der Waals surface area contributed by atoms with Gasteiger partial charge in [-0.3, -0.25) is 4.98 Å². The predicted octanol–water partition coefficient (Wildman–Crippen LogP) is 5.24. The summed E-state index contributed by atoms with van der Waals surface area (Å²) >= 11 is 0. The van der Waals surface area contributed by atoms with E-state index in [2.05, 4.69) is 39.5 Å². The Morgan fingerprint density at radius 1 is 0.867 bits per heavy atom. The van der Waals surface area contributed by atoms with Gasteiger partial charge in [-0.1, -0.05) is 54.6 Å². The second-order valence-corrected chi connectivity index (χ2v) is 7.36. The van der Waals surface area contributed by atoms with Gasteiger partial charge in [0.05, 0.1) is 12.2 Å². The Hall–Kier alpha value is -3.73. The minimum absolute atomic E-state index is 0.613. The fourth-order valence-electron chi connectivity index (χ4n) is 3.83. The maximum atomic E-state index is 4.94. The first-order chi connectivity index (χ1) is 14.9. The molecule has 0 saturated heterocycles. The number of aryl methyl sites for hydroxylation is 1. The smallest absolute Gasteiger partial charge is 0.163 e. The molecule has 5 heteroatoms. The van der Waals surface area contributed by atoms with Crippen LogP contribution in [0, 0.1) is 0 Å². The van der Waals surface area contributed by atoms with Crippen LogP contribution >= 0.6 is 0 Å². The van der Waals surface area contributed by atoms with Crippen LogP contribution in [0.2, 0.25) is 0 Å². The highest BCUT2D eigenvalue weighted by Gasteiger charge is 2.20. The number of nitrogens with one attached hydrogen (secondary N) is 1. The van der Waals surface area contributed by atoms with E-state index in [9.17, 15) is 0 Å². The Kier molecular flexibility index (Phi) is 5.08. The van der Waals surface area contributed by atoms with Gasteiger partial charge >= 0.3 is 0 Å². The predicted molar refractivity (Wildman–Crippen MR) is 121 cm³/mol. The SMILES string of the molecule is c1ccc(-c2nc(NCc3ccccn3)cc(N3CCCc4ccccc43)n2)cc1. The lowest BCUT2D eigenvalue weighted by atomic mass is 10.0. The summed E-state index contributed by atoms with van der Waals surface area (Å²) in [5, 5.41) is 3.43. The Labute approximate surface area is 176 Å². The molecule has 30 heavy (non-hydrogen) atoms. The number of rotatable bonds is 5. The number of nitrogens with zero attached hydrogens (tertiary/aromatic N) is 4. The standard InChI is InChI=1S/C25H23N5/c1-2-10-20(11-3-1)25-28-23(27-18-21-13-6-7-15-26-21)17-24(29-25)30-16-8-12-19-9-4-5-14-22(19)30/h1-7,9-11,13-15,17H,8,12,16,18H2,(H,27,28,29). The lowest BCUT2D eigenvalue weighted by Crippen LogP contribution is -2.25. The zero-order valence-corrected chi connectivity index (χ0v) is 16.7. The number of para-hydroxylation sites is 1. The average molecular weight is 393 g/mol. The summed E-state index contributed by atoms with van der Waals surface area (Å²) in [4.78, 5) is 16.4. The first-order valence-electron chi connectivity index (χ1n) is 10.3. The van der Waals surface area contributed by atoms with E-state index in [1.54, 1.807) is 0 Å². The van der Waals surface area contributed by atoms with Crippen molar-refractivity contribution >= 4 is 17.3 Å². The molecule has 1 N–H and O–H groups in total. The fraction of sp³-hybridized carbons (Fsp3) is 0.160. The Morgan fingerprint density at radius 3 is 2.57 bits per heavy atom. The molecule has 2 aromatic carbocycles. The second kappa shape index (κ2) is 8.33. The van der Waals surface area contributed by atoms with E-state index in [4.69, 9.17) is 9.97 Å². The third-order valence-electron chi connectivity index (χ3n) is 5.31. The van der Waals surface area contributed by atoms with Crippen molar-refractivity contribution in [3.05, 3.63) is 96.3 Å². The van der Waals surface area contributed by atoms with Crippen LogP contribution in [-0.2, 0) is 13.0 Å². The largest absolute Gasteiger partial charge is 0.364 e. The molecule has 0 amide bonds. The van der Waals surface area contributed by atoms with E-state index >= 15 is 0 Å². The van der Waals surface area contributed by atoms with Crippen molar-refractivity contribution in [1.29, 1.82) is 0 Å². The third-order valence-corrected chi connectivity index (χ3v) is 5.31. The van der Waals surface area contributed by atoms with Gasteiger partial charge in [-0.25, -0.2) is 9.97 Å². The summed E-state index contributed by atoms with van der Waals surface area (Å²) in [7, 11) is 0. The Balaban J connectivity index is 1.53. The molecule has 0 bridgehead atoms. The summed E-state index contributed by atoms with van der Waals surface area (Å²) in [6.45, 7) is 1.56. The summed E-state index contributed by atoms with van der Waals surface area (Å²) < 4.78 is 0. The summed E-state index contributed by atoms with van der Waals surface area (Å²) in [5.74, 6) is 2.44. The molecule has 1 aliphatic rings. The lowest BCUT2D eigenvalue weighted by Gasteiger charge is -2.30. The van der Waals surface area contributed by atoms with E-state index in [0.29, 0.717) is 6.54 Å². The van der Waals surface area contributed by atoms with Gasteiger partial charge < -0.3 is 10.2 Å². The minimum Gasteiger partial charge on any atom is -0.364 e. The average Bonchev–Trinajstić information content (AvgIpc) is 2.83. The zero-order chi connectivity index (χ0) is 20.2. The van der Waals surface area contributed by atoms with Gasteiger partial charge in [0.2, 0.25) is 0 Å². The zero-order valence-electron chi connectivity index (χ0n) is 16.7. The quantitative estimate of drug-likeness (QED) is 0.503. The van der Waals surface area contributed by atoms with Gasteiger partial charge in [0.1, 0.15) is 11.6 Å². The third kappa shape index (κ3) is 3.87. The maximum absolute atomic E-state index is 4.94. The summed E-state index contributed by atoms with van der Waals surface area (Å²) in [6.07, 6.45) is 4.02. The molecule has 0 unspecified atom stereocenters. The fourth-order valence-corrected chi connectivity index (χ4v) is 3.83. The van der Waals surface area contributed by atoms with Gasteiger partial charge in [-0.05, 0) is 36.6 Å². The highest BCUT2D eigenvalue weighted by molar-refractivity contribution is 5.69. The van der Waals surface area contributed by atoms with E-state index in [-0.39, 0.29) is 0 Å². The molecule has 0 aliphatic carbocycles.